The minimum absolute atomic E-state index is 0.744. The molecule has 26 heavy (non-hydrogen) atoms. The molecule has 0 atom stereocenters. The summed E-state index contributed by atoms with van der Waals surface area (Å²) < 4.78 is 0. The van der Waals surface area contributed by atoms with E-state index in [2.05, 4.69) is 58.7 Å². The smallest absolute Gasteiger partial charge is 0.211 e. The Balaban J connectivity index is 2.21. The fourth-order valence-corrected chi connectivity index (χ4v) is 3.62. The van der Waals surface area contributed by atoms with Gasteiger partial charge in [-0.1, -0.05) is 60.7 Å². The van der Waals surface area contributed by atoms with Crippen LogP contribution in [0.25, 0.3) is 32.7 Å². The third kappa shape index (κ3) is 2.58. The van der Waals surface area contributed by atoms with Gasteiger partial charge in [0.25, 0.3) is 0 Å². The maximum absolute atomic E-state index is 11.3. The highest BCUT2D eigenvalue weighted by Crippen LogP contribution is 2.44. The molecule has 0 fully saturated rings. The van der Waals surface area contributed by atoms with Crippen LogP contribution in [0.2, 0.25) is 0 Å². The molecule has 4 aromatic carbocycles. The van der Waals surface area contributed by atoms with Crippen LogP contribution in [-0.4, -0.2) is 20.5 Å². The second-order valence-electron chi connectivity index (χ2n) is 6.55. The number of nitrogens with zero attached hydrogens (tertiary/aromatic N) is 1. The first-order valence-electron chi connectivity index (χ1n) is 8.62. The van der Waals surface area contributed by atoms with Crippen molar-refractivity contribution in [3.63, 3.8) is 0 Å². The Bertz CT molecular complexity index is 1120. The van der Waals surface area contributed by atoms with Crippen LogP contribution >= 0.6 is 0 Å². The molecule has 0 aliphatic rings. The number of carbonyl (C=O) groups is 1. The molecule has 0 radical (unpaired) electrons. The highest BCUT2D eigenvalue weighted by atomic mass is 16.1. The Morgan fingerprint density at radius 3 is 1.92 bits per heavy atom. The van der Waals surface area contributed by atoms with Gasteiger partial charge >= 0.3 is 0 Å². The van der Waals surface area contributed by atoms with E-state index in [4.69, 9.17) is 0 Å². The number of hydrogen-bond donors (Lipinski definition) is 1. The van der Waals surface area contributed by atoms with Crippen molar-refractivity contribution < 1.29 is 4.79 Å². The lowest BCUT2D eigenvalue weighted by molar-refractivity contribution is -0.105. The van der Waals surface area contributed by atoms with Gasteiger partial charge in [0.2, 0.25) is 6.41 Å². The van der Waals surface area contributed by atoms with Gasteiger partial charge in [-0.3, -0.25) is 4.79 Å². The van der Waals surface area contributed by atoms with Crippen LogP contribution in [0.4, 0.5) is 11.4 Å². The van der Waals surface area contributed by atoms with Gasteiger partial charge in [-0.15, -0.1) is 0 Å². The lowest BCUT2D eigenvalue weighted by Gasteiger charge is -2.22. The van der Waals surface area contributed by atoms with Crippen molar-refractivity contribution in [1.82, 2.24) is 0 Å². The summed E-state index contributed by atoms with van der Waals surface area (Å²) in [4.78, 5) is 13.4. The predicted molar refractivity (Wildman–Crippen MR) is 111 cm³/mol. The molecule has 1 amide bonds. The van der Waals surface area contributed by atoms with Crippen LogP contribution in [0.1, 0.15) is 0 Å². The molecule has 0 aliphatic carbocycles. The average Bonchev–Trinajstić information content (AvgIpc) is 2.67. The second-order valence-corrected chi connectivity index (χ2v) is 6.55. The van der Waals surface area contributed by atoms with E-state index in [1.165, 1.54) is 10.8 Å². The monoisotopic (exact) mass is 340 g/mol. The number of carbonyl (C=O) groups excluding carboxylic acids is 1. The molecule has 0 heterocycles. The summed E-state index contributed by atoms with van der Waals surface area (Å²) in [5, 5.41) is 7.52. The largest absolute Gasteiger partial charge is 0.377 e. The highest BCUT2D eigenvalue weighted by molar-refractivity contribution is 6.14. The third-order valence-electron chi connectivity index (χ3n) is 4.78. The minimum atomic E-state index is 0.744. The zero-order valence-corrected chi connectivity index (χ0v) is 14.9. The number of amides is 1. The van der Waals surface area contributed by atoms with Crippen molar-refractivity contribution in [2.45, 2.75) is 0 Å². The van der Waals surface area contributed by atoms with Crippen molar-refractivity contribution in [2.75, 3.05) is 24.3 Å². The summed E-state index contributed by atoms with van der Waals surface area (Å²) in [7, 11) is 4.09. The number of anilines is 2. The molecule has 0 saturated carbocycles. The fraction of sp³-hybridized carbons (Fsp3) is 0.0870. The van der Waals surface area contributed by atoms with E-state index in [0.717, 1.165) is 39.7 Å². The summed E-state index contributed by atoms with van der Waals surface area (Å²) in [5.74, 6) is 0. The van der Waals surface area contributed by atoms with E-state index in [1.807, 2.05) is 38.4 Å². The summed E-state index contributed by atoms with van der Waals surface area (Å²) in [6, 6.07) is 25.0. The van der Waals surface area contributed by atoms with Gasteiger partial charge in [0.15, 0.2) is 0 Å². The number of benzene rings is 4. The molecule has 1 N–H and O–H groups in total. The normalized spacial score (nSPS) is 10.8. The molecule has 3 nitrogen and oxygen atoms in total. The summed E-state index contributed by atoms with van der Waals surface area (Å²) in [5.41, 5.74) is 4.12. The predicted octanol–water partition coefficient (Wildman–Crippen LogP) is 5.29. The molecule has 0 bridgehead atoms. The van der Waals surface area contributed by atoms with Crippen LogP contribution in [0.3, 0.4) is 0 Å². The van der Waals surface area contributed by atoms with Crippen LogP contribution < -0.4 is 10.2 Å². The molecule has 0 aromatic heterocycles. The Morgan fingerprint density at radius 1 is 0.731 bits per heavy atom. The zero-order valence-electron chi connectivity index (χ0n) is 14.9. The van der Waals surface area contributed by atoms with Gasteiger partial charge in [-0.2, -0.15) is 0 Å². The Morgan fingerprint density at radius 2 is 1.31 bits per heavy atom. The molecule has 4 aromatic rings. The summed E-state index contributed by atoms with van der Waals surface area (Å²) >= 11 is 0. The average molecular weight is 340 g/mol. The van der Waals surface area contributed by atoms with Crippen molar-refractivity contribution in [3.8, 4) is 11.1 Å². The van der Waals surface area contributed by atoms with E-state index in [9.17, 15) is 4.79 Å². The van der Waals surface area contributed by atoms with Crippen molar-refractivity contribution in [1.29, 1.82) is 0 Å². The van der Waals surface area contributed by atoms with E-state index in [1.54, 1.807) is 0 Å². The molecular weight excluding hydrogens is 320 g/mol. The van der Waals surface area contributed by atoms with Gasteiger partial charge in [0.05, 0.1) is 0 Å². The number of nitrogens with one attached hydrogen (secondary N) is 1. The Labute approximate surface area is 152 Å². The standard InChI is InChI=1S/C23H20N2O/c1-25(2)21-14-12-17-8-4-6-10-19(17)23(21)22-18-9-5-3-7-16(18)11-13-20(22)24-15-26/h3-15H,1-2H3,(H,24,26). The minimum Gasteiger partial charge on any atom is -0.377 e. The Kier molecular flexibility index (Phi) is 4.05. The molecule has 128 valence electrons. The first-order chi connectivity index (χ1) is 12.7. The van der Waals surface area contributed by atoms with Gasteiger partial charge in [-0.25, -0.2) is 0 Å². The van der Waals surface area contributed by atoms with E-state index >= 15 is 0 Å². The molecule has 0 aliphatic heterocycles. The molecule has 0 spiro atoms. The number of hydrogen-bond acceptors (Lipinski definition) is 2. The van der Waals surface area contributed by atoms with Crippen LogP contribution in [0, 0.1) is 0 Å². The van der Waals surface area contributed by atoms with Crippen molar-refractivity contribution in [3.05, 3.63) is 72.8 Å². The summed E-state index contributed by atoms with van der Waals surface area (Å²) in [6.45, 7) is 0. The highest BCUT2D eigenvalue weighted by Gasteiger charge is 2.17. The second kappa shape index (κ2) is 6.52. The number of rotatable bonds is 4. The van der Waals surface area contributed by atoms with E-state index in [0.29, 0.717) is 0 Å². The molecular formula is C23H20N2O. The van der Waals surface area contributed by atoms with E-state index < -0.39 is 0 Å². The molecule has 3 heteroatoms. The van der Waals surface area contributed by atoms with Crippen molar-refractivity contribution in [2.24, 2.45) is 0 Å². The molecule has 0 unspecified atom stereocenters. The lowest BCUT2D eigenvalue weighted by Crippen LogP contribution is -2.11. The van der Waals surface area contributed by atoms with Gasteiger partial charge < -0.3 is 10.2 Å². The van der Waals surface area contributed by atoms with Gasteiger partial charge in [0, 0.05) is 36.6 Å². The van der Waals surface area contributed by atoms with Crippen LogP contribution in [-0.2, 0) is 4.79 Å². The fourth-order valence-electron chi connectivity index (χ4n) is 3.62. The summed E-state index contributed by atoms with van der Waals surface area (Å²) in [6.07, 6.45) is 0.744. The Hall–Kier alpha value is -3.33. The molecule has 0 saturated heterocycles. The maximum atomic E-state index is 11.3. The third-order valence-corrected chi connectivity index (χ3v) is 4.78. The first-order valence-corrected chi connectivity index (χ1v) is 8.62. The van der Waals surface area contributed by atoms with Gasteiger partial charge in [0.1, 0.15) is 0 Å². The van der Waals surface area contributed by atoms with Gasteiger partial charge in [-0.05, 0) is 33.7 Å². The SMILES string of the molecule is CN(C)c1ccc2ccccc2c1-c1c(NC=O)ccc2ccccc12. The van der Waals surface area contributed by atoms with E-state index in [-0.39, 0.29) is 0 Å². The van der Waals surface area contributed by atoms with Crippen LogP contribution in [0.15, 0.2) is 72.8 Å². The zero-order chi connectivity index (χ0) is 18.1. The topological polar surface area (TPSA) is 32.3 Å². The quantitative estimate of drug-likeness (QED) is 0.512. The van der Waals surface area contributed by atoms with Crippen LogP contribution in [0.5, 0.6) is 0 Å². The van der Waals surface area contributed by atoms with Crippen molar-refractivity contribution >= 4 is 39.3 Å². The first kappa shape index (κ1) is 16.2. The lowest BCUT2D eigenvalue weighted by atomic mass is 9.90. The maximum Gasteiger partial charge on any atom is 0.211 e. The number of fused-ring (bicyclic) bond motifs is 2. The molecule has 4 rings (SSSR count).